The van der Waals surface area contributed by atoms with Gasteiger partial charge in [0, 0.05) is 31.5 Å². The van der Waals surface area contributed by atoms with Crippen molar-refractivity contribution in [2.45, 2.75) is 45.2 Å². The fourth-order valence-electron chi connectivity index (χ4n) is 3.87. The summed E-state index contributed by atoms with van der Waals surface area (Å²) < 4.78 is 0. The molecule has 0 aromatic heterocycles. The maximum atomic E-state index is 13.5. The van der Waals surface area contributed by atoms with E-state index in [0.717, 1.165) is 23.1 Å². The predicted molar refractivity (Wildman–Crippen MR) is 134 cm³/mol. The van der Waals surface area contributed by atoms with E-state index in [0.29, 0.717) is 24.3 Å². The highest BCUT2D eigenvalue weighted by molar-refractivity contribution is 6.31. The van der Waals surface area contributed by atoms with Crippen molar-refractivity contribution < 1.29 is 9.59 Å². The molecule has 0 unspecified atom stereocenters. The van der Waals surface area contributed by atoms with E-state index < -0.39 is 6.04 Å². The Kier molecular flexibility index (Phi) is 9.08. The molecule has 0 aliphatic heterocycles. The number of hydrogen-bond acceptors (Lipinski definition) is 2. The molecule has 0 bridgehead atoms. The van der Waals surface area contributed by atoms with Crippen molar-refractivity contribution in [1.29, 1.82) is 0 Å². The molecule has 0 radical (unpaired) electrons. The molecule has 0 aliphatic rings. The summed E-state index contributed by atoms with van der Waals surface area (Å²) in [5.41, 5.74) is 4.20. The topological polar surface area (TPSA) is 49.4 Å². The number of halogens is 1. The van der Waals surface area contributed by atoms with Crippen molar-refractivity contribution in [2.75, 3.05) is 7.05 Å². The highest BCUT2D eigenvalue weighted by atomic mass is 35.5. The number of amides is 2. The van der Waals surface area contributed by atoms with E-state index in [9.17, 15) is 9.59 Å². The molecule has 2 amide bonds. The Morgan fingerprint density at radius 2 is 1.52 bits per heavy atom. The van der Waals surface area contributed by atoms with Gasteiger partial charge in [-0.25, -0.2) is 0 Å². The molecule has 5 heteroatoms. The van der Waals surface area contributed by atoms with Gasteiger partial charge >= 0.3 is 0 Å². The van der Waals surface area contributed by atoms with E-state index in [1.165, 1.54) is 5.56 Å². The number of nitrogens with zero attached hydrogens (tertiary/aromatic N) is 1. The second kappa shape index (κ2) is 12.2. The lowest BCUT2D eigenvalue weighted by Crippen LogP contribution is -2.49. The minimum Gasteiger partial charge on any atom is -0.357 e. The van der Waals surface area contributed by atoms with Gasteiger partial charge in [-0.1, -0.05) is 91.3 Å². The van der Waals surface area contributed by atoms with Crippen LogP contribution in [0.25, 0.3) is 0 Å². The van der Waals surface area contributed by atoms with E-state index >= 15 is 0 Å². The molecule has 0 saturated carbocycles. The van der Waals surface area contributed by atoms with Gasteiger partial charge in [0.05, 0.1) is 0 Å². The maximum Gasteiger partial charge on any atom is 0.242 e. The smallest absolute Gasteiger partial charge is 0.242 e. The highest BCUT2D eigenvalue weighted by Crippen LogP contribution is 2.21. The largest absolute Gasteiger partial charge is 0.357 e. The van der Waals surface area contributed by atoms with Gasteiger partial charge in [0.2, 0.25) is 11.8 Å². The van der Waals surface area contributed by atoms with E-state index in [1.54, 1.807) is 18.0 Å². The van der Waals surface area contributed by atoms with Crippen LogP contribution in [0.4, 0.5) is 0 Å². The Morgan fingerprint density at radius 1 is 0.879 bits per heavy atom. The molecule has 33 heavy (non-hydrogen) atoms. The van der Waals surface area contributed by atoms with Gasteiger partial charge in [-0.2, -0.15) is 0 Å². The number of likely N-dealkylation sites (N-methyl/N-ethyl adjacent to an activating group) is 1. The molecule has 0 aliphatic carbocycles. The van der Waals surface area contributed by atoms with Crippen molar-refractivity contribution in [3.05, 3.63) is 106 Å². The SMILES string of the molecule is CCc1ccc(CCC(=O)N(Cc2ccccc2Cl)[C@@H](Cc2ccccc2)C(=O)NC)cc1. The zero-order chi connectivity index (χ0) is 23.6. The Bertz CT molecular complexity index is 1050. The van der Waals surface area contributed by atoms with Crippen LogP contribution in [0.5, 0.6) is 0 Å². The average Bonchev–Trinajstić information content (AvgIpc) is 2.86. The van der Waals surface area contributed by atoms with Crippen molar-refractivity contribution in [3.63, 3.8) is 0 Å². The van der Waals surface area contributed by atoms with E-state index in [4.69, 9.17) is 11.6 Å². The summed E-state index contributed by atoms with van der Waals surface area (Å²) in [7, 11) is 1.60. The summed E-state index contributed by atoms with van der Waals surface area (Å²) in [5, 5.41) is 3.33. The van der Waals surface area contributed by atoms with Crippen molar-refractivity contribution in [2.24, 2.45) is 0 Å². The lowest BCUT2D eigenvalue weighted by atomic mass is 10.0. The van der Waals surface area contributed by atoms with Gasteiger partial charge in [-0.3, -0.25) is 9.59 Å². The summed E-state index contributed by atoms with van der Waals surface area (Å²) in [4.78, 5) is 28.1. The number of hydrogen-bond donors (Lipinski definition) is 1. The zero-order valence-electron chi connectivity index (χ0n) is 19.3. The third-order valence-electron chi connectivity index (χ3n) is 5.87. The fourth-order valence-corrected chi connectivity index (χ4v) is 4.06. The van der Waals surface area contributed by atoms with Crippen molar-refractivity contribution in [1.82, 2.24) is 10.2 Å². The number of rotatable bonds is 10. The zero-order valence-corrected chi connectivity index (χ0v) is 20.0. The lowest BCUT2D eigenvalue weighted by molar-refractivity contribution is -0.141. The summed E-state index contributed by atoms with van der Waals surface area (Å²) in [6.45, 7) is 2.40. The van der Waals surface area contributed by atoms with Crippen LogP contribution < -0.4 is 5.32 Å². The Hall–Kier alpha value is -3.11. The van der Waals surface area contributed by atoms with Crippen LogP contribution in [0.1, 0.15) is 35.6 Å². The molecule has 172 valence electrons. The summed E-state index contributed by atoms with van der Waals surface area (Å²) in [6.07, 6.45) is 2.35. The summed E-state index contributed by atoms with van der Waals surface area (Å²) in [6, 6.07) is 24.9. The first-order valence-corrected chi connectivity index (χ1v) is 11.8. The van der Waals surface area contributed by atoms with Crippen LogP contribution in [0.2, 0.25) is 5.02 Å². The minimum atomic E-state index is -0.636. The Balaban J connectivity index is 1.86. The van der Waals surface area contributed by atoms with Gasteiger partial charge in [0.1, 0.15) is 6.04 Å². The van der Waals surface area contributed by atoms with E-state index in [2.05, 4.69) is 36.5 Å². The fraction of sp³-hybridized carbons (Fsp3) is 0.286. The second-order valence-electron chi connectivity index (χ2n) is 8.10. The van der Waals surface area contributed by atoms with Crippen LogP contribution in [-0.2, 0) is 35.4 Å². The molecule has 4 nitrogen and oxygen atoms in total. The number of carbonyl (C=O) groups excluding carboxylic acids is 2. The quantitative estimate of drug-likeness (QED) is 0.449. The van der Waals surface area contributed by atoms with Gasteiger partial charge in [0.15, 0.2) is 0 Å². The van der Waals surface area contributed by atoms with Gasteiger partial charge in [-0.15, -0.1) is 0 Å². The standard InChI is InChI=1S/C28H31ClN2O2/c1-3-21-13-15-22(16-14-21)17-18-27(32)31(20-24-11-7-8-12-25(24)29)26(28(33)30-2)19-23-9-5-4-6-10-23/h4-16,26H,3,17-20H2,1-2H3,(H,30,33)/t26-/m0/s1. The maximum absolute atomic E-state index is 13.5. The second-order valence-corrected chi connectivity index (χ2v) is 8.51. The van der Waals surface area contributed by atoms with Gasteiger partial charge in [-0.05, 0) is 41.2 Å². The molecule has 1 N–H and O–H groups in total. The molecule has 1 atom stereocenters. The molecular formula is C28H31ClN2O2. The molecule has 0 saturated heterocycles. The lowest BCUT2D eigenvalue weighted by Gasteiger charge is -2.31. The summed E-state index contributed by atoms with van der Waals surface area (Å²) in [5.74, 6) is -0.259. The molecule has 0 heterocycles. The number of carbonyl (C=O) groups is 2. The van der Waals surface area contributed by atoms with Crippen LogP contribution >= 0.6 is 11.6 Å². The molecule has 3 rings (SSSR count). The predicted octanol–water partition coefficient (Wildman–Crippen LogP) is 5.22. The van der Waals surface area contributed by atoms with Crippen LogP contribution in [0.15, 0.2) is 78.9 Å². The highest BCUT2D eigenvalue weighted by Gasteiger charge is 2.30. The Labute approximate surface area is 201 Å². The van der Waals surface area contributed by atoms with E-state index in [1.807, 2.05) is 48.5 Å². The van der Waals surface area contributed by atoms with Crippen LogP contribution in [0, 0.1) is 0 Å². The number of nitrogens with one attached hydrogen (secondary N) is 1. The monoisotopic (exact) mass is 462 g/mol. The van der Waals surface area contributed by atoms with Crippen molar-refractivity contribution >= 4 is 23.4 Å². The van der Waals surface area contributed by atoms with E-state index in [-0.39, 0.29) is 18.4 Å². The van der Waals surface area contributed by atoms with Crippen molar-refractivity contribution in [3.8, 4) is 0 Å². The van der Waals surface area contributed by atoms with Crippen LogP contribution in [0.3, 0.4) is 0 Å². The molecule has 0 fully saturated rings. The third-order valence-corrected chi connectivity index (χ3v) is 6.24. The van der Waals surface area contributed by atoms with Gasteiger partial charge < -0.3 is 10.2 Å². The number of benzene rings is 3. The normalized spacial score (nSPS) is 11.6. The average molecular weight is 463 g/mol. The molecule has 3 aromatic carbocycles. The summed E-state index contributed by atoms with van der Waals surface area (Å²) >= 11 is 6.41. The Morgan fingerprint density at radius 3 is 2.15 bits per heavy atom. The molecular weight excluding hydrogens is 432 g/mol. The third kappa shape index (κ3) is 6.93. The molecule has 3 aromatic rings. The minimum absolute atomic E-state index is 0.0704. The molecule has 0 spiro atoms. The first-order valence-electron chi connectivity index (χ1n) is 11.4. The first kappa shape index (κ1) is 24.5. The van der Waals surface area contributed by atoms with Crippen LogP contribution in [-0.4, -0.2) is 29.8 Å². The van der Waals surface area contributed by atoms with Gasteiger partial charge in [0.25, 0.3) is 0 Å². The number of aryl methyl sites for hydroxylation is 2. The first-order chi connectivity index (χ1) is 16.0.